The molecule has 4 rings (SSSR count). The summed E-state index contributed by atoms with van der Waals surface area (Å²) in [7, 11) is 1.51. The molecule has 1 amide bonds. The molecule has 0 aliphatic rings. The molecule has 4 aromatic rings. The number of imidazole rings is 1. The Morgan fingerprint density at radius 2 is 1.94 bits per heavy atom. The van der Waals surface area contributed by atoms with E-state index in [9.17, 15) is 14.4 Å². The number of fused-ring (bicyclic) bond motifs is 1. The molecule has 0 unspecified atom stereocenters. The van der Waals surface area contributed by atoms with Crippen LogP contribution >= 0.6 is 0 Å². The normalized spacial score (nSPS) is 11.0. The van der Waals surface area contributed by atoms with E-state index in [0.29, 0.717) is 23.1 Å². The van der Waals surface area contributed by atoms with Gasteiger partial charge < -0.3 is 15.0 Å². The first-order valence-electron chi connectivity index (χ1n) is 9.99. The van der Waals surface area contributed by atoms with E-state index in [-0.39, 0.29) is 29.9 Å². The smallest absolute Gasteiger partial charge is 0.329 e. The van der Waals surface area contributed by atoms with Gasteiger partial charge in [0, 0.05) is 26.0 Å². The quantitative estimate of drug-likeness (QED) is 0.426. The molecule has 32 heavy (non-hydrogen) atoms. The lowest BCUT2D eigenvalue weighted by molar-refractivity contribution is -0.116. The van der Waals surface area contributed by atoms with Crippen molar-refractivity contribution in [3.05, 3.63) is 74.3 Å². The predicted octanol–water partition coefficient (Wildman–Crippen LogP) is 2.33. The molecule has 0 atom stereocenters. The fourth-order valence-electron chi connectivity index (χ4n) is 3.14. The van der Waals surface area contributed by atoms with E-state index in [1.54, 1.807) is 12.1 Å². The van der Waals surface area contributed by atoms with Crippen LogP contribution in [0.1, 0.15) is 23.4 Å². The van der Waals surface area contributed by atoms with Crippen molar-refractivity contribution < 1.29 is 9.53 Å². The summed E-state index contributed by atoms with van der Waals surface area (Å²) in [4.78, 5) is 49.4. The average Bonchev–Trinajstić information content (AvgIpc) is 3.20. The molecule has 10 heteroatoms. The van der Waals surface area contributed by atoms with Crippen LogP contribution in [0.25, 0.3) is 11.2 Å². The number of anilines is 1. The summed E-state index contributed by atoms with van der Waals surface area (Å²) in [6.45, 7) is 4.05. The molecule has 0 radical (unpaired) electrons. The molecule has 0 spiro atoms. The van der Waals surface area contributed by atoms with Crippen LogP contribution in [0, 0.1) is 13.8 Å². The van der Waals surface area contributed by atoms with Crippen LogP contribution in [-0.4, -0.2) is 30.4 Å². The zero-order valence-electron chi connectivity index (χ0n) is 17.9. The molecule has 0 aliphatic heterocycles. The molecule has 0 bridgehead atoms. The summed E-state index contributed by atoms with van der Waals surface area (Å²) in [5.41, 5.74) is 2.20. The Balaban J connectivity index is 1.36. The Kier molecular flexibility index (Phi) is 5.59. The lowest BCUT2D eigenvalue weighted by atomic mass is 10.1. The molecule has 3 aromatic heterocycles. The second-order valence-corrected chi connectivity index (χ2v) is 7.48. The molecular formula is C22H22N6O4. The fraction of sp³-hybridized carbons (Fsp3) is 0.227. The Hall–Kier alpha value is -4.21. The van der Waals surface area contributed by atoms with Crippen LogP contribution in [0.2, 0.25) is 0 Å². The van der Waals surface area contributed by atoms with Gasteiger partial charge in [-0.15, -0.1) is 0 Å². The minimum absolute atomic E-state index is 0.132. The first kappa shape index (κ1) is 21.0. The molecule has 0 saturated heterocycles. The molecule has 1 aromatic carbocycles. The van der Waals surface area contributed by atoms with E-state index in [0.717, 1.165) is 5.56 Å². The monoisotopic (exact) mass is 434 g/mol. The highest BCUT2D eigenvalue weighted by molar-refractivity contribution is 5.90. The van der Waals surface area contributed by atoms with Crippen molar-refractivity contribution >= 4 is 22.8 Å². The summed E-state index contributed by atoms with van der Waals surface area (Å²) in [5.74, 6) is 1.32. The number of ether oxygens (including phenoxy) is 1. The Bertz CT molecular complexity index is 1420. The summed E-state index contributed by atoms with van der Waals surface area (Å²) >= 11 is 0. The van der Waals surface area contributed by atoms with E-state index >= 15 is 0 Å². The molecule has 164 valence electrons. The Morgan fingerprint density at radius 1 is 1.12 bits per heavy atom. The van der Waals surface area contributed by atoms with Crippen molar-refractivity contribution in [3.8, 4) is 11.6 Å². The van der Waals surface area contributed by atoms with Gasteiger partial charge in [0.15, 0.2) is 5.65 Å². The molecule has 0 saturated carbocycles. The average molecular weight is 434 g/mol. The van der Waals surface area contributed by atoms with Gasteiger partial charge in [-0.1, -0.05) is 6.07 Å². The topological polar surface area (TPSA) is 135 Å². The number of pyridine rings is 1. The number of carbonyl (C=O) groups is 1. The SMILES string of the molecule is Cc1ccc(Oc2ccc(NC(=O)CCc3nc4c([nH]3)c(=O)[nH]c(=O)n4C)cn2)cc1C. The second-order valence-electron chi connectivity index (χ2n) is 7.48. The lowest BCUT2D eigenvalue weighted by Crippen LogP contribution is -2.28. The van der Waals surface area contributed by atoms with Crippen LogP contribution < -0.4 is 21.3 Å². The molecule has 0 fully saturated rings. The number of aromatic amines is 2. The minimum atomic E-state index is -0.546. The first-order valence-corrected chi connectivity index (χ1v) is 9.99. The second kappa shape index (κ2) is 8.50. The fourth-order valence-corrected chi connectivity index (χ4v) is 3.14. The van der Waals surface area contributed by atoms with Crippen LogP contribution in [0.5, 0.6) is 11.6 Å². The number of nitrogens with one attached hydrogen (secondary N) is 3. The summed E-state index contributed by atoms with van der Waals surface area (Å²) in [6, 6.07) is 9.19. The van der Waals surface area contributed by atoms with Crippen LogP contribution in [-0.2, 0) is 18.3 Å². The van der Waals surface area contributed by atoms with E-state index in [4.69, 9.17) is 4.74 Å². The highest BCUT2D eigenvalue weighted by Crippen LogP contribution is 2.23. The van der Waals surface area contributed by atoms with Gasteiger partial charge in [0.25, 0.3) is 5.56 Å². The third kappa shape index (κ3) is 4.43. The predicted molar refractivity (Wildman–Crippen MR) is 119 cm³/mol. The molecule has 3 heterocycles. The summed E-state index contributed by atoms with van der Waals surface area (Å²) in [6.07, 6.45) is 1.92. The number of amides is 1. The zero-order valence-corrected chi connectivity index (χ0v) is 17.9. The van der Waals surface area contributed by atoms with Gasteiger partial charge in [0.1, 0.15) is 17.1 Å². The van der Waals surface area contributed by atoms with Gasteiger partial charge in [-0.25, -0.2) is 14.8 Å². The van der Waals surface area contributed by atoms with Gasteiger partial charge in [0.2, 0.25) is 11.8 Å². The highest BCUT2D eigenvalue weighted by atomic mass is 16.5. The van der Waals surface area contributed by atoms with E-state index in [1.807, 2.05) is 32.0 Å². The zero-order chi connectivity index (χ0) is 22.8. The van der Waals surface area contributed by atoms with Crippen molar-refractivity contribution in [1.82, 2.24) is 24.5 Å². The molecule has 0 aliphatic carbocycles. The number of carbonyl (C=O) groups excluding carboxylic acids is 1. The number of aromatic nitrogens is 5. The highest BCUT2D eigenvalue weighted by Gasteiger charge is 2.12. The molecular weight excluding hydrogens is 412 g/mol. The first-order chi connectivity index (χ1) is 15.3. The maximum absolute atomic E-state index is 12.3. The van der Waals surface area contributed by atoms with Crippen LogP contribution in [0.15, 0.2) is 46.1 Å². The summed E-state index contributed by atoms with van der Waals surface area (Å²) < 4.78 is 6.99. The third-order valence-electron chi connectivity index (χ3n) is 5.11. The molecule has 3 N–H and O–H groups in total. The standard InChI is InChI=1S/C22H22N6O4/c1-12-4-6-15(10-13(12)2)32-18-9-5-14(11-23-18)24-17(29)8-7-16-25-19-20(26-16)28(3)22(31)27-21(19)30/h4-6,9-11H,7-8H2,1-3H3,(H,24,29)(H,25,26)(H,27,30,31). The number of rotatable bonds is 6. The van der Waals surface area contributed by atoms with E-state index in [1.165, 1.54) is 23.4 Å². The number of hydrogen-bond acceptors (Lipinski definition) is 6. The molecule has 10 nitrogen and oxygen atoms in total. The number of nitrogens with zero attached hydrogens (tertiary/aromatic N) is 3. The number of hydrogen-bond donors (Lipinski definition) is 3. The van der Waals surface area contributed by atoms with E-state index < -0.39 is 11.2 Å². The minimum Gasteiger partial charge on any atom is -0.439 e. The van der Waals surface area contributed by atoms with Crippen molar-refractivity contribution in [2.24, 2.45) is 7.05 Å². The van der Waals surface area contributed by atoms with Crippen LogP contribution in [0.3, 0.4) is 0 Å². The van der Waals surface area contributed by atoms with Gasteiger partial charge in [-0.2, -0.15) is 0 Å². The number of benzene rings is 1. The van der Waals surface area contributed by atoms with Crippen molar-refractivity contribution in [2.75, 3.05) is 5.32 Å². The van der Waals surface area contributed by atoms with Crippen LogP contribution in [0.4, 0.5) is 5.69 Å². The van der Waals surface area contributed by atoms with Gasteiger partial charge in [-0.05, 0) is 43.2 Å². The van der Waals surface area contributed by atoms with Gasteiger partial charge in [0.05, 0.1) is 11.9 Å². The number of aryl methyl sites for hydroxylation is 4. The van der Waals surface area contributed by atoms with Gasteiger partial charge >= 0.3 is 5.69 Å². The van der Waals surface area contributed by atoms with Crippen molar-refractivity contribution in [2.45, 2.75) is 26.7 Å². The Morgan fingerprint density at radius 3 is 2.66 bits per heavy atom. The maximum Gasteiger partial charge on any atom is 0.329 e. The maximum atomic E-state index is 12.3. The largest absolute Gasteiger partial charge is 0.439 e. The third-order valence-corrected chi connectivity index (χ3v) is 5.11. The summed E-state index contributed by atoms with van der Waals surface area (Å²) in [5, 5.41) is 2.76. The van der Waals surface area contributed by atoms with Crippen molar-refractivity contribution in [3.63, 3.8) is 0 Å². The van der Waals surface area contributed by atoms with E-state index in [2.05, 4.69) is 25.3 Å². The lowest BCUT2D eigenvalue weighted by Gasteiger charge is -2.08. The van der Waals surface area contributed by atoms with Gasteiger partial charge in [-0.3, -0.25) is 19.1 Å². The van der Waals surface area contributed by atoms with Crippen molar-refractivity contribution in [1.29, 1.82) is 0 Å². The number of H-pyrrole nitrogens is 2. The Labute approximate surface area is 182 Å².